The molecule has 1 heterocycles. The van der Waals surface area contributed by atoms with Gasteiger partial charge in [0, 0.05) is 12.8 Å². The summed E-state index contributed by atoms with van der Waals surface area (Å²) in [6.07, 6.45) is -3.00. The van der Waals surface area contributed by atoms with Gasteiger partial charge < -0.3 is 5.11 Å². The van der Waals surface area contributed by atoms with Crippen LogP contribution in [-0.4, -0.2) is 27.9 Å². The molecular formula is C9H11F3N2O. The van der Waals surface area contributed by atoms with Crippen molar-refractivity contribution in [3.8, 4) is 0 Å². The molecule has 2 unspecified atom stereocenters. The number of nitrogens with zero attached hydrogens (tertiary/aromatic N) is 2. The lowest BCUT2D eigenvalue weighted by Gasteiger charge is -2.08. The van der Waals surface area contributed by atoms with Crippen molar-refractivity contribution in [3.05, 3.63) is 17.5 Å². The SMILES string of the molecule is OCC1Cc2cn(C(F)C(F)F)nc2C1. The Bertz CT molecular complexity index is 330. The lowest BCUT2D eigenvalue weighted by molar-refractivity contribution is 0.000370. The molecule has 0 bridgehead atoms. The average Bonchev–Trinajstić information content (AvgIpc) is 2.72. The van der Waals surface area contributed by atoms with Gasteiger partial charge in [0.15, 0.2) is 0 Å². The van der Waals surface area contributed by atoms with Crippen LogP contribution in [0, 0.1) is 5.92 Å². The van der Waals surface area contributed by atoms with Crippen molar-refractivity contribution in [2.24, 2.45) is 5.92 Å². The second-order valence-corrected chi connectivity index (χ2v) is 3.74. The van der Waals surface area contributed by atoms with E-state index in [-0.39, 0.29) is 12.5 Å². The highest BCUT2D eigenvalue weighted by Crippen LogP contribution is 2.27. The molecule has 0 spiro atoms. The van der Waals surface area contributed by atoms with E-state index < -0.39 is 12.7 Å². The van der Waals surface area contributed by atoms with Gasteiger partial charge in [-0.05, 0) is 24.3 Å². The molecule has 1 N–H and O–H groups in total. The summed E-state index contributed by atoms with van der Waals surface area (Å²) in [6, 6.07) is 0. The monoisotopic (exact) mass is 220 g/mol. The summed E-state index contributed by atoms with van der Waals surface area (Å²) in [5.74, 6) is 0.0989. The standard InChI is InChI=1S/C9H11F3N2O/c10-8(11)9(12)14-3-6-1-5(4-15)2-7(6)13-14/h3,5,8-9,15H,1-2,4H2. The van der Waals surface area contributed by atoms with Crippen molar-refractivity contribution in [1.82, 2.24) is 9.78 Å². The summed E-state index contributed by atoms with van der Waals surface area (Å²) >= 11 is 0. The minimum absolute atomic E-state index is 0.0459. The highest BCUT2D eigenvalue weighted by atomic mass is 19.3. The summed E-state index contributed by atoms with van der Waals surface area (Å²) in [5, 5.41) is 12.7. The number of aromatic nitrogens is 2. The van der Waals surface area contributed by atoms with Crippen LogP contribution < -0.4 is 0 Å². The van der Waals surface area contributed by atoms with Crippen LogP contribution in [0.4, 0.5) is 13.2 Å². The van der Waals surface area contributed by atoms with Gasteiger partial charge in [0.2, 0.25) is 0 Å². The molecule has 0 fully saturated rings. The Morgan fingerprint density at radius 2 is 2.20 bits per heavy atom. The molecule has 0 saturated carbocycles. The molecule has 1 aromatic heterocycles. The van der Waals surface area contributed by atoms with E-state index in [0.29, 0.717) is 23.2 Å². The third-order valence-corrected chi connectivity index (χ3v) is 2.60. The van der Waals surface area contributed by atoms with E-state index >= 15 is 0 Å². The summed E-state index contributed by atoms with van der Waals surface area (Å²) in [6.45, 7) is 0.0459. The fourth-order valence-electron chi connectivity index (χ4n) is 1.84. The molecule has 1 aromatic rings. The van der Waals surface area contributed by atoms with Crippen molar-refractivity contribution in [2.45, 2.75) is 25.6 Å². The molecule has 3 nitrogen and oxygen atoms in total. The van der Waals surface area contributed by atoms with Gasteiger partial charge >= 0.3 is 0 Å². The topological polar surface area (TPSA) is 38.0 Å². The zero-order valence-electron chi connectivity index (χ0n) is 7.91. The van der Waals surface area contributed by atoms with E-state index in [2.05, 4.69) is 5.10 Å². The van der Waals surface area contributed by atoms with E-state index in [1.54, 1.807) is 0 Å². The van der Waals surface area contributed by atoms with Gasteiger partial charge in [-0.1, -0.05) is 0 Å². The van der Waals surface area contributed by atoms with Crippen LogP contribution in [0.1, 0.15) is 17.6 Å². The number of alkyl halides is 3. The molecule has 1 aliphatic carbocycles. The van der Waals surface area contributed by atoms with Crippen molar-refractivity contribution in [1.29, 1.82) is 0 Å². The summed E-state index contributed by atoms with van der Waals surface area (Å²) in [5.41, 5.74) is 1.38. The van der Waals surface area contributed by atoms with Crippen LogP contribution in [0.5, 0.6) is 0 Å². The van der Waals surface area contributed by atoms with Gasteiger partial charge in [0.05, 0.1) is 5.69 Å². The second kappa shape index (κ2) is 3.84. The molecule has 2 atom stereocenters. The summed E-state index contributed by atoms with van der Waals surface area (Å²) < 4.78 is 37.6. The maximum absolute atomic E-state index is 12.9. The Balaban J connectivity index is 2.14. The average molecular weight is 220 g/mol. The summed E-state index contributed by atoms with van der Waals surface area (Å²) in [4.78, 5) is 0. The Hall–Kier alpha value is -1.04. The zero-order chi connectivity index (χ0) is 11.0. The van der Waals surface area contributed by atoms with Crippen LogP contribution in [-0.2, 0) is 12.8 Å². The van der Waals surface area contributed by atoms with Gasteiger partial charge in [0.1, 0.15) is 0 Å². The summed E-state index contributed by atoms with van der Waals surface area (Å²) in [7, 11) is 0. The van der Waals surface area contributed by atoms with Gasteiger partial charge in [-0.2, -0.15) is 5.10 Å². The lowest BCUT2D eigenvalue weighted by Crippen LogP contribution is -2.14. The van der Waals surface area contributed by atoms with E-state index in [9.17, 15) is 13.2 Å². The molecule has 6 heteroatoms. The first-order chi connectivity index (χ1) is 7.11. The van der Waals surface area contributed by atoms with E-state index in [0.717, 1.165) is 5.56 Å². The minimum atomic E-state index is -3.06. The molecule has 0 aliphatic heterocycles. The predicted molar refractivity (Wildman–Crippen MR) is 46.4 cm³/mol. The van der Waals surface area contributed by atoms with Crippen LogP contribution in [0.2, 0.25) is 0 Å². The first kappa shape index (κ1) is 10.5. The fraction of sp³-hybridized carbons (Fsp3) is 0.667. The van der Waals surface area contributed by atoms with Gasteiger partial charge in [-0.3, -0.25) is 0 Å². The molecule has 15 heavy (non-hydrogen) atoms. The van der Waals surface area contributed by atoms with Crippen LogP contribution in [0.15, 0.2) is 6.20 Å². The molecule has 0 saturated heterocycles. The Morgan fingerprint density at radius 3 is 2.73 bits per heavy atom. The predicted octanol–water partition coefficient (Wildman–Crippen LogP) is 1.32. The van der Waals surface area contributed by atoms with E-state index in [1.807, 2.05) is 0 Å². The third-order valence-electron chi connectivity index (χ3n) is 2.60. The Morgan fingerprint density at radius 1 is 1.47 bits per heavy atom. The molecular weight excluding hydrogens is 209 g/mol. The minimum Gasteiger partial charge on any atom is -0.396 e. The van der Waals surface area contributed by atoms with Crippen molar-refractivity contribution < 1.29 is 18.3 Å². The van der Waals surface area contributed by atoms with E-state index in [4.69, 9.17) is 5.11 Å². The number of fused-ring (bicyclic) bond motifs is 1. The third kappa shape index (κ3) is 1.86. The molecule has 0 amide bonds. The maximum Gasteiger partial charge on any atom is 0.289 e. The first-order valence-electron chi connectivity index (χ1n) is 4.71. The maximum atomic E-state index is 12.9. The molecule has 0 aromatic carbocycles. The normalized spacial score (nSPS) is 22.1. The second-order valence-electron chi connectivity index (χ2n) is 3.74. The number of hydrogen-bond acceptors (Lipinski definition) is 2. The largest absolute Gasteiger partial charge is 0.396 e. The quantitative estimate of drug-likeness (QED) is 0.834. The molecule has 84 valence electrons. The van der Waals surface area contributed by atoms with Crippen molar-refractivity contribution in [3.63, 3.8) is 0 Å². The highest BCUT2D eigenvalue weighted by Gasteiger charge is 2.28. The van der Waals surface area contributed by atoms with Gasteiger partial charge in [0.25, 0.3) is 12.7 Å². The Kier molecular flexibility index (Phi) is 2.68. The smallest absolute Gasteiger partial charge is 0.289 e. The van der Waals surface area contributed by atoms with Crippen molar-refractivity contribution >= 4 is 0 Å². The van der Waals surface area contributed by atoms with E-state index in [1.165, 1.54) is 6.20 Å². The first-order valence-corrected chi connectivity index (χ1v) is 4.71. The number of aliphatic hydroxyl groups excluding tert-OH is 1. The van der Waals surface area contributed by atoms with Crippen molar-refractivity contribution in [2.75, 3.05) is 6.61 Å². The highest BCUT2D eigenvalue weighted by molar-refractivity contribution is 5.24. The number of aliphatic hydroxyl groups is 1. The number of halogens is 3. The number of rotatable bonds is 3. The fourth-order valence-corrected chi connectivity index (χ4v) is 1.84. The van der Waals surface area contributed by atoms with Crippen LogP contribution >= 0.6 is 0 Å². The van der Waals surface area contributed by atoms with Crippen LogP contribution in [0.25, 0.3) is 0 Å². The zero-order valence-corrected chi connectivity index (χ0v) is 7.91. The lowest BCUT2D eigenvalue weighted by atomic mass is 10.1. The molecule has 2 rings (SSSR count). The Labute approximate surface area is 84.5 Å². The van der Waals surface area contributed by atoms with Gasteiger partial charge in [-0.15, -0.1) is 0 Å². The molecule has 1 aliphatic rings. The number of hydrogen-bond donors (Lipinski definition) is 1. The van der Waals surface area contributed by atoms with Crippen LogP contribution in [0.3, 0.4) is 0 Å². The molecule has 0 radical (unpaired) electrons. The van der Waals surface area contributed by atoms with Gasteiger partial charge in [-0.25, -0.2) is 17.9 Å².